The molecule has 1 heteroatoms. The standard InChI is InChI=1S/C14H18O/c1-5-14(4,10-12(3)15)13-8-6-11(2)7-9-13/h5-9H,1,10H2,2-4H3. The molecule has 1 nitrogen and oxygen atoms in total. The molecule has 1 rings (SSSR count). The summed E-state index contributed by atoms with van der Waals surface area (Å²) < 4.78 is 0. The van der Waals surface area contributed by atoms with Crippen LogP contribution in [0.4, 0.5) is 0 Å². The molecule has 0 N–H and O–H groups in total. The topological polar surface area (TPSA) is 17.1 Å². The molecule has 0 aliphatic rings. The summed E-state index contributed by atoms with van der Waals surface area (Å²) in [6.45, 7) is 9.56. The zero-order valence-corrected chi connectivity index (χ0v) is 9.71. The molecule has 0 bridgehead atoms. The number of carbonyl (C=O) groups excluding carboxylic acids is 1. The first-order valence-corrected chi connectivity index (χ1v) is 5.18. The molecule has 0 amide bonds. The van der Waals surface area contributed by atoms with Crippen molar-refractivity contribution in [3.05, 3.63) is 48.0 Å². The number of hydrogen-bond acceptors (Lipinski definition) is 1. The third-order valence-electron chi connectivity index (χ3n) is 2.78. The number of carbonyl (C=O) groups is 1. The first kappa shape index (κ1) is 11.7. The lowest BCUT2D eigenvalue weighted by atomic mass is 9.78. The molecule has 0 aliphatic carbocycles. The molecule has 1 unspecified atom stereocenters. The van der Waals surface area contributed by atoms with Gasteiger partial charge in [0.25, 0.3) is 0 Å². The van der Waals surface area contributed by atoms with Crippen LogP contribution in [0, 0.1) is 6.92 Å². The Bertz CT molecular complexity index is 361. The average molecular weight is 202 g/mol. The predicted octanol–water partition coefficient (Wildman–Crippen LogP) is 3.42. The first-order chi connectivity index (χ1) is 6.98. The third kappa shape index (κ3) is 2.79. The molecule has 0 aliphatic heterocycles. The van der Waals surface area contributed by atoms with Gasteiger partial charge in [-0.05, 0) is 19.4 Å². The van der Waals surface area contributed by atoms with Gasteiger partial charge in [-0.2, -0.15) is 0 Å². The molecule has 0 radical (unpaired) electrons. The summed E-state index contributed by atoms with van der Waals surface area (Å²) in [5, 5.41) is 0. The fourth-order valence-electron chi connectivity index (χ4n) is 1.74. The highest BCUT2D eigenvalue weighted by Crippen LogP contribution is 2.29. The molecule has 0 aromatic heterocycles. The average Bonchev–Trinajstić information content (AvgIpc) is 2.17. The Morgan fingerprint density at radius 2 is 1.93 bits per heavy atom. The highest BCUT2D eigenvalue weighted by molar-refractivity contribution is 5.77. The van der Waals surface area contributed by atoms with Crippen LogP contribution in [0.15, 0.2) is 36.9 Å². The summed E-state index contributed by atoms with van der Waals surface area (Å²) in [7, 11) is 0. The van der Waals surface area contributed by atoms with E-state index in [0.29, 0.717) is 6.42 Å². The molecular formula is C14H18O. The quantitative estimate of drug-likeness (QED) is 0.684. The maximum absolute atomic E-state index is 11.2. The lowest BCUT2D eigenvalue weighted by Crippen LogP contribution is -2.21. The zero-order valence-electron chi connectivity index (χ0n) is 9.71. The van der Waals surface area contributed by atoms with E-state index in [9.17, 15) is 4.79 Å². The van der Waals surface area contributed by atoms with Crippen LogP contribution in [0.1, 0.15) is 31.4 Å². The highest BCUT2D eigenvalue weighted by atomic mass is 16.1. The van der Waals surface area contributed by atoms with E-state index in [4.69, 9.17) is 0 Å². The molecular weight excluding hydrogens is 184 g/mol. The van der Waals surface area contributed by atoms with Gasteiger partial charge in [0.1, 0.15) is 5.78 Å². The number of allylic oxidation sites excluding steroid dienone is 1. The minimum atomic E-state index is -0.237. The monoisotopic (exact) mass is 202 g/mol. The van der Waals surface area contributed by atoms with E-state index in [1.54, 1.807) is 6.92 Å². The van der Waals surface area contributed by atoms with Gasteiger partial charge >= 0.3 is 0 Å². The smallest absolute Gasteiger partial charge is 0.131 e. The summed E-state index contributed by atoms with van der Waals surface area (Å²) in [4.78, 5) is 11.2. The molecule has 0 spiro atoms. The van der Waals surface area contributed by atoms with Crippen molar-refractivity contribution in [3.8, 4) is 0 Å². The van der Waals surface area contributed by atoms with Gasteiger partial charge in [-0.1, -0.05) is 42.8 Å². The molecule has 80 valence electrons. The Morgan fingerprint density at radius 1 is 1.40 bits per heavy atom. The summed E-state index contributed by atoms with van der Waals surface area (Å²) >= 11 is 0. The number of rotatable bonds is 4. The molecule has 15 heavy (non-hydrogen) atoms. The number of aryl methyl sites for hydroxylation is 1. The summed E-state index contributed by atoms with van der Waals surface area (Å²) in [5.74, 6) is 0.193. The Labute approximate surface area is 91.8 Å². The van der Waals surface area contributed by atoms with E-state index >= 15 is 0 Å². The van der Waals surface area contributed by atoms with Gasteiger partial charge < -0.3 is 0 Å². The van der Waals surface area contributed by atoms with E-state index in [0.717, 1.165) is 5.56 Å². The van der Waals surface area contributed by atoms with Crippen molar-refractivity contribution in [1.29, 1.82) is 0 Å². The fourth-order valence-corrected chi connectivity index (χ4v) is 1.74. The number of Topliss-reactive ketones (excluding diaryl/α,β-unsaturated/α-hetero) is 1. The van der Waals surface area contributed by atoms with Crippen molar-refractivity contribution < 1.29 is 4.79 Å². The van der Waals surface area contributed by atoms with Crippen LogP contribution in [0.2, 0.25) is 0 Å². The maximum atomic E-state index is 11.2. The summed E-state index contributed by atoms with van der Waals surface area (Å²) in [6.07, 6.45) is 2.37. The SMILES string of the molecule is C=CC(C)(CC(C)=O)c1ccc(C)cc1. The second-order valence-corrected chi connectivity index (χ2v) is 4.37. The van der Waals surface area contributed by atoms with Crippen LogP contribution >= 0.6 is 0 Å². The summed E-state index contributed by atoms with van der Waals surface area (Å²) in [5.41, 5.74) is 2.14. The van der Waals surface area contributed by atoms with Crippen molar-refractivity contribution in [1.82, 2.24) is 0 Å². The molecule has 0 heterocycles. The van der Waals surface area contributed by atoms with Gasteiger partial charge in [0.2, 0.25) is 0 Å². The van der Waals surface area contributed by atoms with Gasteiger partial charge in [0.05, 0.1) is 0 Å². The van der Waals surface area contributed by atoms with Crippen LogP contribution in [-0.4, -0.2) is 5.78 Å². The second kappa shape index (κ2) is 4.43. The second-order valence-electron chi connectivity index (χ2n) is 4.37. The zero-order chi connectivity index (χ0) is 11.5. The molecule has 1 aromatic rings. The van der Waals surface area contributed by atoms with E-state index in [-0.39, 0.29) is 11.2 Å². The van der Waals surface area contributed by atoms with Crippen molar-refractivity contribution in [3.63, 3.8) is 0 Å². The first-order valence-electron chi connectivity index (χ1n) is 5.18. The van der Waals surface area contributed by atoms with E-state index in [1.807, 2.05) is 13.0 Å². The predicted molar refractivity (Wildman–Crippen MR) is 64.0 cm³/mol. The van der Waals surface area contributed by atoms with Crippen molar-refractivity contribution >= 4 is 5.78 Å². The largest absolute Gasteiger partial charge is 0.300 e. The van der Waals surface area contributed by atoms with Gasteiger partial charge in [0.15, 0.2) is 0 Å². The highest BCUT2D eigenvalue weighted by Gasteiger charge is 2.24. The van der Waals surface area contributed by atoms with E-state index < -0.39 is 0 Å². The van der Waals surface area contributed by atoms with Crippen molar-refractivity contribution in [2.75, 3.05) is 0 Å². The van der Waals surface area contributed by atoms with E-state index in [2.05, 4.69) is 37.8 Å². The van der Waals surface area contributed by atoms with Gasteiger partial charge in [-0.15, -0.1) is 6.58 Å². The fraction of sp³-hybridized carbons (Fsp3) is 0.357. The van der Waals surface area contributed by atoms with Crippen LogP contribution in [0.5, 0.6) is 0 Å². The Kier molecular flexibility index (Phi) is 3.46. The van der Waals surface area contributed by atoms with Crippen molar-refractivity contribution in [2.24, 2.45) is 0 Å². The summed E-state index contributed by atoms with van der Waals surface area (Å²) in [6, 6.07) is 8.27. The third-order valence-corrected chi connectivity index (χ3v) is 2.78. The van der Waals surface area contributed by atoms with Crippen LogP contribution < -0.4 is 0 Å². The number of benzene rings is 1. The van der Waals surface area contributed by atoms with Crippen LogP contribution in [0.25, 0.3) is 0 Å². The number of hydrogen-bond donors (Lipinski definition) is 0. The van der Waals surface area contributed by atoms with Gasteiger partial charge in [0, 0.05) is 11.8 Å². The minimum Gasteiger partial charge on any atom is -0.300 e. The molecule has 1 aromatic carbocycles. The minimum absolute atomic E-state index is 0.193. The van der Waals surface area contributed by atoms with Crippen LogP contribution in [-0.2, 0) is 10.2 Å². The molecule has 1 atom stereocenters. The van der Waals surface area contributed by atoms with Gasteiger partial charge in [-0.3, -0.25) is 4.79 Å². The van der Waals surface area contributed by atoms with Crippen molar-refractivity contribution in [2.45, 2.75) is 32.6 Å². The lowest BCUT2D eigenvalue weighted by molar-refractivity contribution is -0.117. The Hall–Kier alpha value is -1.37. The molecule has 0 saturated heterocycles. The Balaban J connectivity index is 3.05. The normalized spacial score (nSPS) is 14.3. The molecule has 0 saturated carbocycles. The number of ketones is 1. The molecule has 0 fully saturated rings. The maximum Gasteiger partial charge on any atom is 0.131 e. The van der Waals surface area contributed by atoms with Gasteiger partial charge in [-0.25, -0.2) is 0 Å². The lowest BCUT2D eigenvalue weighted by Gasteiger charge is -2.25. The Morgan fingerprint density at radius 3 is 2.33 bits per heavy atom. The van der Waals surface area contributed by atoms with E-state index in [1.165, 1.54) is 5.56 Å². The van der Waals surface area contributed by atoms with Crippen LogP contribution in [0.3, 0.4) is 0 Å².